The molecule has 6 nitrogen and oxygen atoms in total. The highest BCUT2D eigenvalue weighted by Crippen LogP contribution is 2.17. The average molecular weight is 379 g/mol. The molecule has 6 heteroatoms. The first-order chi connectivity index (χ1) is 13.5. The van der Waals surface area contributed by atoms with Gasteiger partial charge in [0.25, 0.3) is 11.5 Å². The normalized spacial score (nSPS) is 11.1. The van der Waals surface area contributed by atoms with Crippen molar-refractivity contribution in [2.24, 2.45) is 7.05 Å². The molecule has 3 rings (SSSR count). The van der Waals surface area contributed by atoms with Crippen molar-refractivity contribution in [3.05, 3.63) is 76.2 Å². The third kappa shape index (κ3) is 4.46. The maximum atomic E-state index is 13.4. The first-order valence-electron chi connectivity index (χ1n) is 9.55. The van der Waals surface area contributed by atoms with Crippen molar-refractivity contribution in [1.29, 1.82) is 0 Å². The lowest BCUT2D eigenvalue weighted by Gasteiger charge is -2.23. The number of hydrogen-bond acceptors (Lipinski definition) is 3. The number of carbonyl (C=O) groups excluding carboxylic acids is 1. The maximum Gasteiger partial charge on any atom is 0.275 e. The Kier molecular flexibility index (Phi) is 6.21. The summed E-state index contributed by atoms with van der Waals surface area (Å²) in [5, 5.41) is 5.43. The number of nitrogens with one attached hydrogen (secondary N) is 1. The standard InChI is InChI=1S/C22H26N4O2/c1-24(2)14-9-15-26(16-17-10-5-4-6-11-17)22(28)20-18-12-7-8-13-19(18)21(27)25(3)23-20/h4-8,10-13H,9,14-16H2,1-3H3/p+1. The number of fused-ring (bicyclic) bond motifs is 1. The second-order valence-electron chi connectivity index (χ2n) is 7.35. The second-order valence-corrected chi connectivity index (χ2v) is 7.35. The summed E-state index contributed by atoms with van der Waals surface area (Å²) >= 11 is 0. The molecule has 0 unspecified atom stereocenters. The molecular formula is C22H27N4O2+. The number of rotatable bonds is 7. The zero-order chi connectivity index (χ0) is 20.1. The van der Waals surface area contributed by atoms with Gasteiger partial charge in [0, 0.05) is 31.9 Å². The lowest BCUT2D eigenvalue weighted by Crippen LogP contribution is -3.05. The summed E-state index contributed by atoms with van der Waals surface area (Å²) < 4.78 is 1.25. The molecule has 2 aromatic carbocycles. The first kappa shape index (κ1) is 19.8. The van der Waals surface area contributed by atoms with Crippen LogP contribution in [-0.4, -0.2) is 47.8 Å². The molecule has 0 saturated carbocycles. The number of amides is 1. The van der Waals surface area contributed by atoms with E-state index in [1.807, 2.05) is 41.3 Å². The summed E-state index contributed by atoms with van der Waals surface area (Å²) in [6.45, 7) is 2.12. The summed E-state index contributed by atoms with van der Waals surface area (Å²) in [6, 6.07) is 17.1. The van der Waals surface area contributed by atoms with E-state index in [0.717, 1.165) is 18.5 Å². The molecule has 28 heavy (non-hydrogen) atoms. The maximum absolute atomic E-state index is 13.4. The van der Waals surface area contributed by atoms with Gasteiger partial charge in [-0.15, -0.1) is 0 Å². The van der Waals surface area contributed by atoms with E-state index in [1.165, 1.54) is 9.58 Å². The Balaban J connectivity index is 1.97. The second kappa shape index (κ2) is 8.80. The predicted octanol–water partition coefficient (Wildman–Crippen LogP) is 1.11. The highest BCUT2D eigenvalue weighted by molar-refractivity contribution is 6.04. The van der Waals surface area contributed by atoms with E-state index in [9.17, 15) is 9.59 Å². The van der Waals surface area contributed by atoms with Gasteiger partial charge in [-0.3, -0.25) is 9.59 Å². The molecule has 1 aromatic heterocycles. The third-order valence-corrected chi connectivity index (χ3v) is 4.77. The van der Waals surface area contributed by atoms with Crippen molar-refractivity contribution >= 4 is 16.7 Å². The summed E-state index contributed by atoms with van der Waals surface area (Å²) in [5.41, 5.74) is 1.20. The molecule has 0 aliphatic carbocycles. The fourth-order valence-corrected chi connectivity index (χ4v) is 3.29. The Hall–Kier alpha value is -2.99. The van der Waals surface area contributed by atoms with E-state index in [0.29, 0.717) is 29.6 Å². The molecule has 1 N–H and O–H groups in total. The highest BCUT2D eigenvalue weighted by Gasteiger charge is 2.22. The molecule has 3 aromatic rings. The molecule has 0 aliphatic rings. The van der Waals surface area contributed by atoms with Crippen LogP contribution in [0.25, 0.3) is 10.8 Å². The Morgan fingerprint density at radius 1 is 1.04 bits per heavy atom. The van der Waals surface area contributed by atoms with E-state index in [2.05, 4.69) is 19.2 Å². The van der Waals surface area contributed by atoms with E-state index < -0.39 is 0 Å². The van der Waals surface area contributed by atoms with Gasteiger partial charge in [-0.2, -0.15) is 5.10 Å². The summed E-state index contributed by atoms with van der Waals surface area (Å²) in [4.78, 5) is 29.0. The topological polar surface area (TPSA) is 59.6 Å². The number of nitrogens with zero attached hydrogens (tertiary/aromatic N) is 3. The van der Waals surface area contributed by atoms with Gasteiger partial charge in [-0.05, 0) is 11.6 Å². The van der Waals surface area contributed by atoms with Crippen molar-refractivity contribution < 1.29 is 9.69 Å². The molecule has 0 radical (unpaired) electrons. The van der Waals surface area contributed by atoms with Gasteiger partial charge in [-0.25, -0.2) is 4.68 Å². The van der Waals surface area contributed by atoms with Crippen LogP contribution in [0.5, 0.6) is 0 Å². The smallest absolute Gasteiger partial charge is 0.275 e. The Morgan fingerprint density at radius 3 is 2.36 bits per heavy atom. The number of aryl methyl sites for hydroxylation is 1. The van der Waals surface area contributed by atoms with Gasteiger partial charge < -0.3 is 9.80 Å². The van der Waals surface area contributed by atoms with E-state index >= 15 is 0 Å². The van der Waals surface area contributed by atoms with E-state index in [1.54, 1.807) is 25.2 Å². The monoisotopic (exact) mass is 379 g/mol. The van der Waals surface area contributed by atoms with Crippen LogP contribution in [0.1, 0.15) is 22.5 Å². The lowest BCUT2D eigenvalue weighted by atomic mass is 10.1. The van der Waals surface area contributed by atoms with Crippen LogP contribution in [0.3, 0.4) is 0 Å². The Bertz CT molecular complexity index is 1010. The molecule has 1 heterocycles. The van der Waals surface area contributed by atoms with Gasteiger partial charge in [0.05, 0.1) is 26.0 Å². The SMILES string of the molecule is Cn1nc(C(=O)N(CCC[NH+](C)C)Cc2ccccc2)c2ccccc2c1=O. The first-order valence-corrected chi connectivity index (χ1v) is 9.55. The fraction of sp³-hybridized carbons (Fsp3) is 0.318. The van der Waals surface area contributed by atoms with Crippen molar-refractivity contribution in [2.45, 2.75) is 13.0 Å². The average Bonchev–Trinajstić information content (AvgIpc) is 2.70. The fourth-order valence-electron chi connectivity index (χ4n) is 3.29. The molecule has 1 amide bonds. The molecule has 0 saturated heterocycles. The number of carbonyl (C=O) groups is 1. The molecule has 0 fully saturated rings. The molecule has 0 atom stereocenters. The molecule has 0 bridgehead atoms. The summed E-state index contributed by atoms with van der Waals surface area (Å²) in [7, 11) is 5.79. The van der Waals surface area contributed by atoms with Gasteiger partial charge in [0.1, 0.15) is 0 Å². The van der Waals surface area contributed by atoms with Crippen molar-refractivity contribution in [1.82, 2.24) is 14.7 Å². The van der Waals surface area contributed by atoms with Crippen LogP contribution in [0.2, 0.25) is 0 Å². The summed E-state index contributed by atoms with van der Waals surface area (Å²) in [6.07, 6.45) is 0.893. The zero-order valence-corrected chi connectivity index (χ0v) is 16.7. The van der Waals surface area contributed by atoms with E-state index in [4.69, 9.17) is 0 Å². The molecule has 146 valence electrons. The van der Waals surface area contributed by atoms with Crippen LogP contribution in [0.4, 0.5) is 0 Å². The number of quaternary nitrogens is 1. The van der Waals surface area contributed by atoms with Crippen molar-refractivity contribution in [2.75, 3.05) is 27.2 Å². The van der Waals surface area contributed by atoms with Crippen LogP contribution in [0.15, 0.2) is 59.4 Å². The number of aromatic nitrogens is 2. The number of benzene rings is 2. The van der Waals surface area contributed by atoms with Gasteiger partial charge in [0.15, 0.2) is 5.69 Å². The van der Waals surface area contributed by atoms with Crippen molar-refractivity contribution in [3.8, 4) is 0 Å². The Morgan fingerprint density at radius 2 is 1.68 bits per heavy atom. The minimum absolute atomic E-state index is 0.149. The quantitative estimate of drug-likeness (QED) is 0.669. The van der Waals surface area contributed by atoms with E-state index in [-0.39, 0.29) is 11.5 Å². The van der Waals surface area contributed by atoms with Crippen LogP contribution in [0, 0.1) is 0 Å². The molecule has 0 aliphatic heterocycles. The molecular weight excluding hydrogens is 352 g/mol. The molecule has 0 spiro atoms. The Labute approximate surface area is 165 Å². The lowest BCUT2D eigenvalue weighted by molar-refractivity contribution is -0.858. The zero-order valence-electron chi connectivity index (χ0n) is 16.7. The van der Waals surface area contributed by atoms with Gasteiger partial charge in [-0.1, -0.05) is 48.5 Å². The predicted molar refractivity (Wildman–Crippen MR) is 110 cm³/mol. The minimum atomic E-state index is -0.196. The third-order valence-electron chi connectivity index (χ3n) is 4.77. The van der Waals surface area contributed by atoms with Gasteiger partial charge in [0.2, 0.25) is 0 Å². The largest absolute Gasteiger partial charge is 0.340 e. The van der Waals surface area contributed by atoms with Crippen LogP contribution >= 0.6 is 0 Å². The van der Waals surface area contributed by atoms with Crippen LogP contribution in [-0.2, 0) is 13.6 Å². The highest BCUT2D eigenvalue weighted by atomic mass is 16.2. The minimum Gasteiger partial charge on any atom is -0.340 e. The number of hydrogen-bond donors (Lipinski definition) is 1. The summed E-state index contributed by atoms with van der Waals surface area (Å²) in [5.74, 6) is -0.149. The van der Waals surface area contributed by atoms with Gasteiger partial charge >= 0.3 is 0 Å². The van der Waals surface area contributed by atoms with Crippen LogP contribution < -0.4 is 10.5 Å². The van der Waals surface area contributed by atoms with Crippen molar-refractivity contribution in [3.63, 3.8) is 0 Å².